The summed E-state index contributed by atoms with van der Waals surface area (Å²) in [5.41, 5.74) is 7.91. The number of nitrogens with zero attached hydrogens (tertiary/aromatic N) is 2. The van der Waals surface area contributed by atoms with Crippen molar-refractivity contribution in [3.63, 3.8) is 0 Å². The zero-order valence-electron chi connectivity index (χ0n) is 9.20. The molecule has 0 fully saturated rings. The third-order valence-corrected chi connectivity index (χ3v) is 2.50. The van der Waals surface area contributed by atoms with Crippen LogP contribution < -0.4 is 5.73 Å². The first kappa shape index (κ1) is 11.1. The maximum atomic E-state index is 6.07. The molecule has 1 aromatic rings. The first-order valence-electron chi connectivity index (χ1n) is 5.19. The van der Waals surface area contributed by atoms with Gasteiger partial charge in [-0.1, -0.05) is 20.3 Å². The van der Waals surface area contributed by atoms with E-state index in [2.05, 4.69) is 23.8 Å². The lowest BCUT2D eigenvalue weighted by atomic mass is 9.95. The molecule has 0 radical (unpaired) electrons. The van der Waals surface area contributed by atoms with Crippen LogP contribution in [0.15, 0.2) is 12.4 Å². The predicted octanol–water partition coefficient (Wildman–Crippen LogP) is 2.22. The summed E-state index contributed by atoms with van der Waals surface area (Å²) in [5.74, 6) is 0.469. The van der Waals surface area contributed by atoms with Crippen LogP contribution in [0.25, 0.3) is 0 Å². The molecule has 0 saturated heterocycles. The Hall–Kier alpha value is -0.960. The Bertz CT molecular complexity index is 268. The van der Waals surface area contributed by atoms with Gasteiger partial charge in [0.05, 0.1) is 23.6 Å². The van der Waals surface area contributed by atoms with E-state index in [-0.39, 0.29) is 6.04 Å². The van der Waals surface area contributed by atoms with Crippen LogP contribution >= 0.6 is 0 Å². The van der Waals surface area contributed by atoms with Crippen molar-refractivity contribution in [1.82, 2.24) is 9.97 Å². The Morgan fingerprint density at radius 3 is 2.57 bits per heavy atom. The molecule has 0 saturated carbocycles. The van der Waals surface area contributed by atoms with Gasteiger partial charge in [0.1, 0.15) is 0 Å². The van der Waals surface area contributed by atoms with Crippen molar-refractivity contribution >= 4 is 0 Å². The molecule has 3 nitrogen and oxygen atoms in total. The van der Waals surface area contributed by atoms with Gasteiger partial charge in [0.2, 0.25) is 0 Å². The largest absolute Gasteiger partial charge is 0.322 e. The summed E-state index contributed by atoms with van der Waals surface area (Å²) >= 11 is 0. The van der Waals surface area contributed by atoms with E-state index in [4.69, 9.17) is 5.73 Å². The minimum Gasteiger partial charge on any atom is -0.322 e. The van der Waals surface area contributed by atoms with Crippen LogP contribution in [0.1, 0.15) is 44.1 Å². The van der Waals surface area contributed by atoms with Gasteiger partial charge < -0.3 is 5.73 Å². The minimum atomic E-state index is 0.0167. The first-order chi connectivity index (χ1) is 6.65. The van der Waals surface area contributed by atoms with E-state index < -0.39 is 0 Å². The second kappa shape index (κ2) is 5.05. The Labute approximate surface area is 85.8 Å². The molecule has 1 aromatic heterocycles. The summed E-state index contributed by atoms with van der Waals surface area (Å²) in [4.78, 5) is 8.49. The van der Waals surface area contributed by atoms with Crippen LogP contribution in [-0.4, -0.2) is 9.97 Å². The van der Waals surface area contributed by atoms with Crippen LogP contribution in [0, 0.1) is 12.8 Å². The fraction of sp³-hybridized carbons (Fsp3) is 0.636. The highest BCUT2D eigenvalue weighted by molar-refractivity contribution is 5.06. The van der Waals surface area contributed by atoms with Crippen molar-refractivity contribution in [1.29, 1.82) is 0 Å². The van der Waals surface area contributed by atoms with E-state index in [1.807, 2.05) is 6.92 Å². The zero-order chi connectivity index (χ0) is 10.6. The van der Waals surface area contributed by atoms with Gasteiger partial charge in [0, 0.05) is 6.20 Å². The molecule has 0 aliphatic heterocycles. The lowest BCUT2D eigenvalue weighted by Gasteiger charge is -2.18. The minimum absolute atomic E-state index is 0.0167. The van der Waals surface area contributed by atoms with Crippen LogP contribution in [-0.2, 0) is 0 Å². The van der Waals surface area contributed by atoms with Gasteiger partial charge in [0.15, 0.2) is 0 Å². The van der Waals surface area contributed by atoms with Crippen molar-refractivity contribution in [2.75, 3.05) is 0 Å². The molecule has 0 spiro atoms. The number of hydrogen-bond acceptors (Lipinski definition) is 3. The topological polar surface area (TPSA) is 51.8 Å². The number of aryl methyl sites for hydroxylation is 1. The Morgan fingerprint density at radius 2 is 2.07 bits per heavy atom. The summed E-state index contributed by atoms with van der Waals surface area (Å²) in [6.45, 7) is 6.26. The van der Waals surface area contributed by atoms with Gasteiger partial charge in [-0.15, -0.1) is 0 Å². The summed E-state index contributed by atoms with van der Waals surface area (Å²) in [7, 11) is 0. The molecule has 0 aromatic carbocycles. The highest BCUT2D eigenvalue weighted by Gasteiger charge is 2.15. The Balaban J connectivity index is 2.68. The van der Waals surface area contributed by atoms with Crippen molar-refractivity contribution in [3.05, 3.63) is 23.8 Å². The Kier molecular flexibility index (Phi) is 4.01. The van der Waals surface area contributed by atoms with Crippen LogP contribution in [0.5, 0.6) is 0 Å². The van der Waals surface area contributed by atoms with Gasteiger partial charge in [-0.05, 0) is 19.3 Å². The van der Waals surface area contributed by atoms with Crippen LogP contribution in [0.3, 0.4) is 0 Å². The lowest BCUT2D eigenvalue weighted by molar-refractivity contribution is 0.425. The third-order valence-electron chi connectivity index (χ3n) is 2.50. The molecule has 0 aliphatic rings. The van der Waals surface area contributed by atoms with Gasteiger partial charge >= 0.3 is 0 Å². The molecule has 1 rings (SSSR count). The second-order valence-electron chi connectivity index (χ2n) is 3.87. The number of rotatable bonds is 4. The van der Waals surface area contributed by atoms with Crippen molar-refractivity contribution < 1.29 is 0 Å². The van der Waals surface area contributed by atoms with Crippen LogP contribution in [0.4, 0.5) is 0 Å². The molecule has 2 N–H and O–H groups in total. The zero-order valence-corrected chi connectivity index (χ0v) is 9.20. The van der Waals surface area contributed by atoms with E-state index in [9.17, 15) is 0 Å². The van der Waals surface area contributed by atoms with E-state index >= 15 is 0 Å². The Morgan fingerprint density at radius 1 is 1.36 bits per heavy atom. The first-order valence-corrected chi connectivity index (χ1v) is 5.19. The number of hydrogen-bond donors (Lipinski definition) is 1. The fourth-order valence-electron chi connectivity index (χ4n) is 1.50. The van der Waals surface area contributed by atoms with E-state index in [1.165, 1.54) is 0 Å². The monoisotopic (exact) mass is 193 g/mol. The summed E-state index contributed by atoms with van der Waals surface area (Å²) in [6, 6.07) is 0.0167. The normalized spacial score (nSPS) is 15.1. The molecule has 3 heteroatoms. The highest BCUT2D eigenvalue weighted by atomic mass is 14.8. The van der Waals surface area contributed by atoms with E-state index in [1.54, 1.807) is 12.4 Å². The number of aromatic nitrogens is 2. The predicted molar refractivity (Wildman–Crippen MR) is 57.8 cm³/mol. The van der Waals surface area contributed by atoms with Crippen LogP contribution in [0.2, 0.25) is 0 Å². The smallest absolute Gasteiger partial charge is 0.0756 e. The van der Waals surface area contributed by atoms with Gasteiger partial charge in [-0.25, -0.2) is 0 Å². The van der Waals surface area contributed by atoms with Crippen molar-refractivity contribution in [3.8, 4) is 0 Å². The summed E-state index contributed by atoms with van der Waals surface area (Å²) in [6.07, 6.45) is 5.85. The third kappa shape index (κ3) is 2.77. The quantitative estimate of drug-likeness (QED) is 0.797. The van der Waals surface area contributed by atoms with Gasteiger partial charge in [0.25, 0.3) is 0 Å². The number of nitrogens with two attached hydrogens (primary N) is 1. The SMILES string of the molecule is CCCC(C)C(N)c1cnc(C)cn1. The summed E-state index contributed by atoms with van der Waals surface area (Å²) in [5, 5.41) is 0. The van der Waals surface area contributed by atoms with E-state index in [0.717, 1.165) is 24.2 Å². The molecule has 1 heterocycles. The average molecular weight is 193 g/mol. The lowest BCUT2D eigenvalue weighted by Crippen LogP contribution is -2.20. The molecule has 0 amide bonds. The van der Waals surface area contributed by atoms with Crippen molar-refractivity contribution in [2.45, 2.75) is 39.7 Å². The van der Waals surface area contributed by atoms with Crippen molar-refractivity contribution in [2.24, 2.45) is 11.7 Å². The molecule has 2 unspecified atom stereocenters. The second-order valence-corrected chi connectivity index (χ2v) is 3.87. The average Bonchev–Trinajstić information content (AvgIpc) is 2.18. The highest BCUT2D eigenvalue weighted by Crippen LogP contribution is 2.20. The molecule has 14 heavy (non-hydrogen) atoms. The molecule has 78 valence electrons. The fourth-order valence-corrected chi connectivity index (χ4v) is 1.50. The van der Waals surface area contributed by atoms with Gasteiger partial charge in [-0.2, -0.15) is 0 Å². The van der Waals surface area contributed by atoms with E-state index in [0.29, 0.717) is 5.92 Å². The maximum Gasteiger partial charge on any atom is 0.0756 e. The molecule has 0 bridgehead atoms. The maximum absolute atomic E-state index is 6.07. The van der Waals surface area contributed by atoms with Gasteiger partial charge in [-0.3, -0.25) is 9.97 Å². The molecule has 0 aliphatic carbocycles. The molecular formula is C11H19N3. The standard InChI is InChI=1S/C11H19N3/c1-4-5-8(2)11(12)10-7-13-9(3)6-14-10/h6-8,11H,4-5,12H2,1-3H3. The molecule has 2 atom stereocenters. The molecular weight excluding hydrogens is 174 g/mol. The summed E-state index contributed by atoms with van der Waals surface area (Å²) < 4.78 is 0.